The molecule has 1 rings (SSSR count). The fourth-order valence-corrected chi connectivity index (χ4v) is 2.13. The quantitative estimate of drug-likeness (QED) is 0.762. The Kier molecular flexibility index (Phi) is 3.04. The van der Waals surface area contributed by atoms with Gasteiger partial charge in [0.15, 0.2) is 5.88 Å². The van der Waals surface area contributed by atoms with Crippen molar-refractivity contribution < 1.29 is 10.2 Å². The first-order chi connectivity index (χ1) is 6.37. The van der Waals surface area contributed by atoms with Gasteiger partial charge in [-0.15, -0.1) is 11.8 Å². The zero-order chi connectivity index (χ0) is 10.9. The van der Waals surface area contributed by atoms with Crippen LogP contribution in [0.1, 0.15) is 27.2 Å². The molecule has 0 amide bonds. The van der Waals surface area contributed by atoms with Crippen molar-refractivity contribution in [2.45, 2.75) is 36.8 Å². The van der Waals surface area contributed by atoms with Gasteiger partial charge in [-0.2, -0.15) is 0 Å². The third-order valence-corrected chi connectivity index (χ3v) is 3.74. The van der Waals surface area contributed by atoms with Gasteiger partial charge in [0.05, 0.1) is 4.90 Å². The third kappa shape index (κ3) is 2.18. The monoisotopic (exact) mass is 215 g/mol. The van der Waals surface area contributed by atoms with Gasteiger partial charge in [-0.25, -0.2) is 0 Å². The predicted octanol–water partition coefficient (Wildman–Crippen LogP) is 2.72. The Morgan fingerprint density at radius 2 is 2.00 bits per heavy atom. The van der Waals surface area contributed by atoms with Gasteiger partial charge in [-0.3, -0.25) is 4.57 Å². The van der Waals surface area contributed by atoms with Crippen LogP contribution in [0.3, 0.4) is 0 Å². The molecule has 0 aliphatic heterocycles. The summed E-state index contributed by atoms with van der Waals surface area (Å²) in [6.45, 7) is 6.33. The molecule has 0 aromatic carbocycles. The van der Waals surface area contributed by atoms with Gasteiger partial charge in [0.2, 0.25) is 5.88 Å². The fraction of sp³-hybridized carbons (Fsp3) is 0.600. The number of rotatable bonds is 3. The van der Waals surface area contributed by atoms with Crippen LogP contribution in [0.25, 0.3) is 0 Å². The summed E-state index contributed by atoms with van der Waals surface area (Å²) in [4.78, 5) is 0.733. The molecule has 0 aliphatic rings. The van der Waals surface area contributed by atoms with E-state index in [0.29, 0.717) is 0 Å². The van der Waals surface area contributed by atoms with Crippen LogP contribution in [0.5, 0.6) is 11.8 Å². The summed E-state index contributed by atoms with van der Waals surface area (Å²) in [7, 11) is 1.63. The smallest absolute Gasteiger partial charge is 0.207 e. The Bertz CT molecular complexity index is 331. The highest BCUT2D eigenvalue weighted by Gasteiger charge is 2.21. The van der Waals surface area contributed by atoms with Crippen LogP contribution in [0.15, 0.2) is 11.0 Å². The van der Waals surface area contributed by atoms with Crippen LogP contribution in [0.2, 0.25) is 0 Å². The largest absolute Gasteiger partial charge is 0.494 e. The molecular weight excluding hydrogens is 198 g/mol. The van der Waals surface area contributed by atoms with E-state index in [9.17, 15) is 10.2 Å². The number of aromatic hydroxyl groups is 2. The molecule has 80 valence electrons. The fourth-order valence-electron chi connectivity index (χ4n) is 0.997. The number of thioether (sulfide) groups is 1. The normalized spacial score (nSPS) is 12.0. The van der Waals surface area contributed by atoms with E-state index in [1.165, 1.54) is 4.57 Å². The maximum Gasteiger partial charge on any atom is 0.207 e. The standard InChI is InChI=1S/C10H17NO2S/c1-5-10(2,3)14-7-6-8(12)11(4)9(7)13/h6,12-13H,5H2,1-4H3. The molecule has 4 heteroatoms. The summed E-state index contributed by atoms with van der Waals surface area (Å²) >= 11 is 1.58. The van der Waals surface area contributed by atoms with Gasteiger partial charge in [0, 0.05) is 17.9 Å². The van der Waals surface area contributed by atoms with Crippen LogP contribution in [-0.2, 0) is 7.05 Å². The average molecular weight is 215 g/mol. The Morgan fingerprint density at radius 1 is 1.43 bits per heavy atom. The molecule has 0 bridgehead atoms. The van der Waals surface area contributed by atoms with E-state index in [2.05, 4.69) is 20.8 Å². The highest BCUT2D eigenvalue weighted by Crippen LogP contribution is 2.42. The van der Waals surface area contributed by atoms with Crippen LogP contribution in [0, 0.1) is 0 Å². The summed E-state index contributed by atoms with van der Waals surface area (Å²) in [5.41, 5.74) is 0. The van der Waals surface area contributed by atoms with Crippen molar-refractivity contribution in [3.63, 3.8) is 0 Å². The second-order valence-electron chi connectivity index (χ2n) is 3.96. The van der Waals surface area contributed by atoms with Gasteiger partial charge >= 0.3 is 0 Å². The highest BCUT2D eigenvalue weighted by atomic mass is 32.2. The molecule has 14 heavy (non-hydrogen) atoms. The van der Waals surface area contributed by atoms with Crippen LogP contribution in [-0.4, -0.2) is 19.5 Å². The van der Waals surface area contributed by atoms with Crippen LogP contribution in [0.4, 0.5) is 0 Å². The minimum Gasteiger partial charge on any atom is -0.494 e. The number of hydrogen-bond donors (Lipinski definition) is 2. The third-order valence-electron chi connectivity index (χ3n) is 2.38. The van der Waals surface area contributed by atoms with Crippen molar-refractivity contribution in [2.75, 3.05) is 0 Å². The van der Waals surface area contributed by atoms with E-state index < -0.39 is 0 Å². The maximum absolute atomic E-state index is 9.66. The summed E-state index contributed by atoms with van der Waals surface area (Å²) < 4.78 is 1.44. The first-order valence-corrected chi connectivity index (χ1v) is 5.45. The van der Waals surface area contributed by atoms with E-state index in [0.717, 1.165) is 11.3 Å². The molecule has 0 fully saturated rings. The summed E-state index contributed by atoms with van der Waals surface area (Å²) in [5.74, 6) is 0.228. The first kappa shape index (κ1) is 11.3. The molecule has 0 atom stereocenters. The van der Waals surface area contributed by atoms with E-state index in [4.69, 9.17) is 0 Å². The lowest BCUT2D eigenvalue weighted by molar-refractivity contribution is 0.382. The summed E-state index contributed by atoms with van der Waals surface area (Å²) in [6, 6.07) is 1.59. The molecule has 0 spiro atoms. The van der Waals surface area contributed by atoms with Gasteiger partial charge in [-0.1, -0.05) is 20.8 Å². The van der Waals surface area contributed by atoms with Crippen LogP contribution < -0.4 is 0 Å². The van der Waals surface area contributed by atoms with Gasteiger partial charge in [-0.05, 0) is 6.42 Å². The Labute approximate surface area is 88.8 Å². The minimum atomic E-state index is 0.0747. The van der Waals surface area contributed by atoms with E-state index in [1.807, 2.05) is 0 Å². The zero-order valence-corrected chi connectivity index (χ0v) is 9.85. The van der Waals surface area contributed by atoms with Crippen molar-refractivity contribution in [3.8, 4) is 11.8 Å². The molecule has 0 unspecified atom stereocenters. The lowest BCUT2D eigenvalue weighted by Crippen LogP contribution is -2.11. The zero-order valence-electron chi connectivity index (χ0n) is 9.03. The van der Waals surface area contributed by atoms with Crippen molar-refractivity contribution in [1.29, 1.82) is 0 Å². The average Bonchev–Trinajstić information content (AvgIpc) is 2.33. The van der Waals surface area contributed by atoms with Crippen molar-refractivity contribution in [2.24, 2.45) is 7.05 Å². The lowest BCUT2D eigenvalue weighted by Gasteiger charge is -2.20. The molecule has 0 saturated carbocycles. The van der Waals surface area contributed by atoms with Crippen molar-refractivity contribution in [1.82, 2.24) is 4.57 Å². The Balaban J connectivity index is 2.93. The Hall–Kier alpha value is -0.770. The van der Waals surface area contributed by atoms with Crippen LogP contribution >= 0.6 is 11.8 Å². The first-order valence-electron chi connectivity index (χ1n) is 4.64. The molecular formula is C10H17NO2S. The molecule has 1 heterocycles. The van der Waals surface area contributed by atoms with Gasteiger partial charge < -0.3 is 10.2 Å². The molecule has 2 N–H and O–H groups in total. The highest BCUT2D eigenvalue weighted by molar-refractivity contribution is 8.00. The number of aromatic nitrogens is 1. The second-order valence-corrected chi connectivity index (χ2v) is 5.71. The van der Waals surface area contributed by atoms with E-state index in [1.54, 1.807) is 24.9 Å². The number of nitrogens with zero attached hydrogens (tertiary/aromatic N) is 1. The molecule has 0 radical (unpaired) electrons. The van der Waals surface area contributed by atoms with Crippen molar-refractivity contribution in [3.05, 3.63) is 6.07 Å². The molecule has 1 aromatic rings. The van der Waals surface area contributed by atoms with Crippen molar-refractivity contribution >= 4 is 11.8 Å². The second kappa shape index (κ2) is 3.77. The minimum absolute atomic E-state index is 0.0747. The maximum atomic E-state index is 9.66. The summed E-state index contributed by atoms with van der Waals surface area (Å²) in [5, 5.41) is 19.0. The van der Waals surface area contributed by atoms with E-state index >= 15 is 0 Å². The predicted molar refractivity (Wildman–Crippen MR) is 59.0 cm³/mol. The van der Waals surface area contributed by atoms with Gasteiger partial charge in [0.25, 0.3) is 0 Å². The topological polar surface area (TPSA) is 45.4 Å². The summed E-state index contributed by atoms with van der Waals surface area (Å²) in [6.07, 6.45) is 1.01. The molecule has 1 aromatic heterocycles. The number of hydrogen-bond acceptors (Lipinski definition) is 3. The van der Waals surface area contributed by atoms with Gasteiger partial charge in [0.1, 0.15) is 0 Å². The lowest BCUT2D eigenvalue weighted by atomic mass is 10.1. The molecule has 3 nitrogen and oxygen atoms in total. The molecule has 0 saturated heterocycles. The SMILES string of the molecule is CCC(C)(C)Sc1cc(O)n(C)c1O. The Morgan fingerprint density at radius 3 is 2.36 bits per heavy atom. The molecule has 0 aliphatic carbocycles. The van der Waals surface area contributed by atoms with E-state index in [-0.39, 0.29) is 16.5 Å².